The highest BCUT2D eigenvalue weighted by Crippen LogP contribution is 2.34. The van der Waals surface area contributed by atoms with Gasteiger partial charge in [-0.1, -0.05) is 30.1 Å². The highest BCUT2D eigenvalue weighted by molar-refractivity contribution is 5.47. The van der Waals surface area contributed by atoms with Crippen LogP contribution < -0.4 is 0 Å². The molecule has 2 aromatic carbocycles. The summed E-state index contributed by atoms with van der Waals surface area (Å²) < 4.78 is 65.1. The maximum Gasteiger partial charge on any atom is 0.422 e. The second kappa shape index (κ2) is 7.56. The van der Waals surface area contributed by atoms with Gasteiger partial charge in [0, 0.05) is 11.1 Å². The number of benzene rings is 2. The van der Waals surface area contributed by atoms with E-state index in [1.165, 1.54) is 11.1 Å². The van der Waals surface area contributed by atoms with Gasteiger partial charge >= 0.3 is 6.18 Å². The second-order valence-corrected chi connectivity index (χ2v) is 6.57. The molecule has 0 heterocycles. The topological polar surface area (TPSA) is 0 Å². The van der Waals surface area contributed by atoms with Gasteiger partial charge < -0.3 is 0 Å². The Labute approximate surface area is 154 Å². The largest absolute Gasteiger partial charge is 0.422 e. The van der Waals surface area contributed by atoms with E-state index < -0.39 is 23.4 Å². The summed E-state index contributed by atoms with van der Waals surface area (Å²) in [6.45, 7) is 2.00. The summed E-state index contributed by atoms with van der Waals surface area (Å²) in [6, 6.07) is 6.96. The smallest absolute Gasteiger partial charge is 0.206 e. The highest BCUT2D eigenvalue weighted by atomic mass is 19.4. The van der Waals surface area contributed by atoms with Crippen molar-refractivity contribution in [2.75, 3.05) is 0 Å². The van der Waals surface area contributed by atoms with Gasteiger partial charge in [-0.2, -0.15) is 13.2 Å². The predicted octanol–water partition coefficient (Wildman–Crippen LogP) is 6.06. The molecule has 0 radical (unpaired) electrons. The molecule has 1 atom stereocenters. The van der Waals surface area contributed by atoms with E-state index in [0.29, 0.717) is 23.6 Å². The Morgan fingerprint density at radius 1 is 0.963 bits per heavy atom. The van der Waals surface area contributed by atoms with E-state index >= 15 is 0 Å². The zero-order valence-corrected chi connectivity index (χ0v) is 14.6. The predicted molar refractivity (Wildman–Crippen MR) is 94.1 cm³/mol. The Bertz CT molecular complexity index is 918. The molecule has 1 unspecified atom stereocenters. The van der Waals surface area contributed by atoms with E-state index in [-0.39, 0.29) is 5.56 Å². The molecule has 0 saturated heterocycles. The van der Waals surface area contributed by atoms with Gasteiger partial charge in [0.2, 0.25) is 0 Å². The van der Waals surface area contributed by atoms with Gasteiger partial charge in [0.25, 0.3) is 0 Å². The SMILES string of the molecule is CC=CC1CCc2cc(C#Cc3cc(F)c(C(F)(F)F)c(F)c3)ccc2C1. The van der Waals surface area contributed by atoms with E-state index in [2.05, 4.69) is 24.0 Å². The van der Waals surface area contributed by atoms with Crippen molar-refractivity contribution >= 4 is 0 Å². The molecule has 2 aromatic rings. The lowest BCUT2D eigenvalue weighted by Crippen LogP contribution is -2.12. The minimum atomic E-state index is -5.08. The molecular weight excluding hydrogens is 359 g/mol. The van der Waals surface area contributed by atoms with Crippen molar-refractivity contribution in [1.82, 2.24) is 0 Å². The van der Waals surface area contributed by atoms with Gasteiger partial charge in [-0.05, 0) is 67.5 Å². The quantitative estimate of drug-likeness (QED) is 0.322. The van der Waals surface area contributed by atoms with Crippen LogP contribution in [0.4, 0.5) is 22.0 Å². The van der Waals surface area contributed by atoms with Crippen LogP contribution in [0.2, 0.25) is 0 Å². The Morgan fingerprint density at radius 2 is 1.63 bits per heavy atom. The minimum absolute atomic E-state index is 0.135. The monoisotopic (exact) mass is 376 g/mol. The highest BCUT2D eigenvalue weighted by Gasteiger charge is 2.37. The molecule has 0 amide bonds. The molecular formula is C22H17F5. The molecule has 0 aromatic heterocycles. The van der Waals surface area contributed by atoms with Crippen LogP contribution in [0.3, 0.4) is 0 Å². The maximum atomic E-state index is 13.6. The lowest BCUT2D eigenvalue weighted by Gasteiger charge is -2.22. The first-order valence-electron chi connectivity index (χ1n) is 8.61. The van der Waals surface area contributed by atoms with Gasteiger partial charge in [0.05, 0.1) is 0 Å². The summed E-state index contributed by atoms with van der Waals surface area (Å²) in [6.07, 6.45) is 2.10. The van der Waals surface area contributed by atoms with E-state index in [9.17, 15) is 22.0 Å². The number of aryl methyl sites for hydroxylation is 1. The third kappa shape index (κ3) is 4.39. The van der Waals surface area contributed by atoms with Crippen LogP contribution in [-0.2, 0) is 19.0 Å². The average molecular weight is 376 g/mol. The molecule has 1 aliphatic carbocycles. The third-order valence-electron chi connectivity index (χ3n) is 4.61. The zero-order valence-electron chi connectivity index (χ0n) is 14.6. The van der Waals surface area contributed by atoms with Crippen LogP contribution >= 0.6 is 0 Å². The number of allylic oxidation sites excluding steroid dienone is 2. The molecule has 5 heteroatoms. The summed E-state index contributed by atoms with van der Waals surface area (Å²) in [5.74, 6) is 2.54. The Balaban J connectivity index is 1.85. The summed E-state index contributed by atoms with van der Waals surface area (Å²) in [5, 5.41) is 0. The van der Waals surface area contributed by atoms with E-state index in [1.54, 1.807) is 0 Å². The first-order chi connectivity index (χ1) is 12.8. The normalized spacial score (nSPS) is 16.7. The number of halogens is 5. The third-order valence-corrected chi connectivity index (χ3v) is 4.61. The van der Waals surface area contributed by atoms with Crippen LogP contribution in [0.1, 0.15) is 41.2 Å². The number of rotatable bonds is 1. The summed E-state index contributed by atoms with van der Waals surface area (Å²) in [7, 11) is 0. The molecule has 0 N–H and O–H groups in total. The molecule has 3 rings (SSSR count). The standard InChI is InChI=1S/C22H17F5/c1-2-3-14-6-8-18-11-15(7-9-17(18)10-14)4-5-16-12-19(23)21(20(24)13-16)22(25,26)27/h2-3,7,9,11-14H,6,8,10H2,1H3. The second-order valence-electron chi connectivity index (χ2n) is 6.57. The Hall–Kier alpha value is -2.61. The van der Waals surface area contributed by atoms with Gasteiger partial charge in [0.1, 0.15) is 17.2 Å². The van der Waals surface area contributed by atoms with E-state index in [4.69, 9.17) is 0 Å². The minimum Gasteiger partial charge on any atom is -0.206 e. The van der Waals surface area contributed by atoms with E-state index in [0.717, 1.165) is 19.3 Å². The average Bonchev–Trinajstić information content (AvgIpc) is 2.58. The molecule has 140 valence electrons. The Morgan fingerprint density at radius 3 is 2.26 bits per heavy atom. The Kier molecular flexibility index (Phi) is 5.36. The lowest BCUT2D eigenvalue weighted by atomic mass is 9.83. The number of hydrogen-bond donors (Lipinski definition) is 0. The molecule has 0 spiro atoms. The molecule has 0 fully saturated rings. The van der Waals surface area contributed by atoms with Crippen molar-refractivity contribution in [2.24, 2.45) is 5.92 Å². The zero-order chi connectivity index (χ0) is 19.6. The van der Waals surface area contributed by atoms with E-state index in [1.807, 2.05) is 25.1 Å². The maximum absolute atomic E-state index is 13.6. The number of alkyl halides is 3. The first-order valence-corrected chi connectivity index (χ1v) is 8.61. The van der Waals surface area contributed by atoms with Crippen molar-refractivity contribution < 1.29 is 22.0 Å². The number of fused-ring (bicyclic) bond motifs is 1. The summed E-state index contributed by atoms with van der Waals surface area (Å²) in [4.78, 5) is 0. The summed E-state index contributed by atoms with van der Waals surface area (Å²) in [5.41, 5.74) is 1.08. The van der Waals surface area contributed by atoms with Crippen molar-refractivity contribution in [3.8, 4) is 11.8 Å². The fourth-order valence-electron chi connectivity index (χ4n) is 3.36. The summed E-state index contributed by atoms with van der Waals surface area (Å²) >= 11 is 0. The van der Waals surface area contributed by atoms with Gasteiger partial charge in [0.15, 0.2) is 0 Å². The van der Waals surface area contributed by atoms with Gasteiger partial charge in [-0.15, -0.1) is 0 Å². The van der Waals surface area contributed by atoms with Crippen LogP contribution in [-0.4, -0.2) is 0 Å². The van der Waals surface area contributed by atoms with Crippen molar-refractivity contribution in [2.45, 2.75) is 32.4 Å². The number of hydrogen-bond acceptors (Lipinski definition) is 0. The molecule has 1 aliphatic rings. The van der Waals surface area contributed by atoms with Crippen LogP contribution in [0.25, 0.3) is 0 Å². The van der Waals surface area contributed by atoms with Crippen molar-refractivity contribution in [1.29, 1.82) is 0 Å². The van der Waals surface area contributed by atoms with Crippen molar-refractivity contribution in [3.63, 3.8) is 0 Å². The first kappa shape index (κ1) is 19.2. The fourth-order valence-corrected chi connectivity index (χ4v) is 3.36. The molecule has 0 saturated carbocycles. The molecule has 0 bridgehead atoms. The van der Waals surface area contributed by atoms with Crippen LogP contribution in [0, 0.1) is 29.4 Å². The molecule has 0 aliphatic heterocycles. The lowest BCUT2D eigenvalue weighted by molar-refractivity contribution is -0.142. The molecule has 0 nitrogen and oxygen atoms in total. The fraction of sp³-hybridized carbons (Fsp3) is 0.273. The van der Waals surface area contributed by atoms with Crippen LogP contribution in [0.5, 0.6) is 0 Å². The van der Waals surface area contributed by atoms with Crippen LogP contribution in [0.15, 0.2) is 42.5 Å². The van der Waals surface area contributed by atoms with Crippen molar-refractivity contribution in [3.05, 3.63) is 81.9 Å². The van der Waals surface area contributed by atoms with Gasteiger partial charge in [-0.25, -0.2) is 8.78 Å². The van der Waals surface area contributed by atoms with Gasteiger partial charge in [-0.3, -0.25) is 0 Å². The molecule has 27 heavy (non-hydrogen) atoms.